The third-order valence-corrected chi connectivity index (χ3v) is 7.81. The van der Waals surface area contributed by atoms with Gasteiger partial charge in [-0.3, -0.25) is 9.59 Å². The van der Waals surface area contributed by atoms with Crippen LogP contribution >= 0.6 is 23.2 Å². The Kier molecular flexibility index (Phi) is 7.53. The zero-order valence-corrected chi connectivity index (χ0v) is 20.5. The van der Waals surface area contributed by atoms with Crippen molar-refractivity contribution >= 4 is 44.9 Å². The minimum absolute atomic E-state index is 0.0451. The van der Waals surface area contributed by atoms with Crippen molar-refractivity contribution in [2.24, 2.45) is 5.92 Å². The molecule has 0 bridgehead atoms. The van der Waals surface area contributed by atoms with E-state index in [2.05, 4.69) is 0 Å². The predicted octanol–water partition coefficient (Wildman–Crippen LogP) is 4.47. The summed E-state index contributed by atoms with van der Waals surface area (Å²) in [5.41, 5.74) is 1.29. The predicted molar refractivity (Wildman–Crippen MR) is 126 cm³/mol. The van der Waals surface area contributed by atoms with E-state index in [0.717, 1.165) is 18.2 Å². The highest BCUT2D eigenvalue weighted by atomic mass is 35.5. The number of benzene rings is 2. The Morgan fingerprint density at radius 3 is 2.34 bits per heavy atom. The van der Waals surface area contributed by atoms with Gasteiger partial charge in [0.05, 0.1) is 26.9 Å². The third-order valence-electron chi connectivity index (χ3n) is 5.94. The van der Waals surface area contributed by atoms with Crippen LogP contribution in [0.5, 0.6) is 0 Å². The van der Waals surface area contributed by atoms with Gasteiger partial charge in [-0.15, -0.1) is 0 Å². The molecule has 172 valence electrons. The van der Waals surface area contributed by atoms with Gasteiger partial charge in [-0.05, 0) is 55.7 Å². The van der Waals surface area contributed by atoms with Crippen molar-refractivity contribution in [3.63, 3.8) is 0 Å². The van der Waals surface area contributed by atoms with Gasteiger partial charge in [0.25, 0.3) is 5.91 Å². The van der Waals surface area contributed by atoms with Crippen LogP contribution in [0, 0.1) is 5.92 Å². The number of carbonyl (C=O) groups is 2. The number of hydrogen-bond acceptors (Lipinski definition) is 4. The average molecular weight is 497 g/mol. The monoisotopic (exact) mass is 496 g/mol. The molecule has 2 aromatic rings. The molecule has 2 unspecified atom stereocenters. The summed E-state index contributed by atoms with van der Waals surface area (Å²) in [6.07, 6.45) is 2.60. The molecule has 0 N–H and O–H groups in total. The zero-order valence-electron chi connectivity index (χ0n) is 18.2. The molecule has 0 aliphatic carbocycles. The lowest BCUT2D eigenvalue weighted by Crippen LogP contribution is -2.46. The Hall–Kier alpha value is -2.09. The van der Waals surface area contributed by atoms with Crippen LogP contribution < -0.4 is 0 Å². The van der Waals surface area contributed by atoms with Crippen LogP contribution in [-0.2, 0) is 14.6 Å². The molecule has 9 heteroatoms. The first-order chi connectivity index (χ1) is 15.0. The topological polar surface area (TPSA) is 74.8 Å². The number of amides is 2. The summed E-state index contributed by atoms with van der Waals surface area (Å²) in [4.78, 5) is 29.7. The summed E-state index contributed by atoms with van der Waals surface area (Å²) >= 11 is 12.0. The lowest BCUT2D eigenvalue weighted by molar-refractivity contribution is -0.137. The first kappa shape index (κ1) is 24.6. The number of rotatable bonds is 5. The van der Waals surface area contributed by atoms with Crippen LogP contribution in [0.1, 0.15) is 41.7 Å². The highest BCUT2D eigenvalue weighted by molar-refractivity contribution is 7.90. The lowest BCUT2D eigenvalue weighted by Gasteiger charge is -2.36. The molecule has 2 amide bonds. The van der Waals surface area contributed by atoms with Crippen molar-refractivity contribution < 1.29 is 18.0 Å². The fourth-order valence-corrected chi connectivity index (χ4v) is 4.80. The van der Waals surface area contributed by atoms with Crippen LogP contribution in [0.25, 0.3) is 0 Å². The molecule has 2 atom stereocenters. The van der Waals surface area contributed by atoms with E-state index in [0.29, 0.717) is 35.1 Å². The second kappa shape index (κ2) is 9.81. The van der Waals surface area contributed by atoms with Gasteiger partial charge in [0, 0.05) is 32.0 Å². The number of nitrogens with zero attached hydrogens (tertiary/aromatic N) is 2. The maximum absolute atomic E-state index is 13.2. The molecule has 1 aliphatic rings. The Labute approximate surface area is 199 Å². The average Bonchev–Trinajstić information content (AvgIpc) is 2.78. The van der Waals surface area contributed by atoms with Crippen molar-refractivity contribution in [1.29, 1.82) is 0 Å². The van der Waals surface area contributed by atoms with Gasteiger partial charge in [0.1, 0.15) is 0 Å². The first-order valence-electron chi connectivity index (χ1n) is 10.3. The fraction of sp³-hybridized carbons (Fsp3) is 0.391. The Morgan fingerprint density at radius 2 is 1.75 bits per heavy atom. The van der Waals surface area contributed by atoms with Gasteiger partial charge < -0.3 is 9.80 Å². The summed E-state index contributed by atoms with van der Waals surface area (Å²) in [7, 11) is -1.54. The van der Waals surface area contributed by atoms with Crippen molar-refractivity contribution in [1.82, 2.24) is 9.80 Å². The molecule has 1 heterocycles. The molecule has 0 spiro atoms. The number of likely N-dealkylation sites (tertiary alicyclic amines) is 1. The molecule has 1 aliphatic heterocycles. The molecule has 1 saturated heterocycles. The van der Waals surface area contributed by atoms with Crippen molar-refractivity contribution in [3.8, 4) is 0 Å². The normalized spacial score (nSPS) is 17.7. The van der Waals surface area contributed by atoms with Crippen LogP contribution in [-0.4, -0.2) is 56.4 Å². The summed E-state index contributed by atoms with van der Waals surface area (Å²) in [6.45, 7) is 2.81. The number of sulfone groups is 1. The van der Waals surface area contributed by atoms with E-state index in [-0.39, 0.29) is 28.7 Å². The van der Waals surface area contributed by atoms with E-state index in [1.165, 1.54) is 0 Å². The Bertz CT molecular complexity index is 1120. The molecule has 32 heavy (non-hydrogen) atoms. The minimum Gasteiger partial charge on any atom is -0.339 e. The van der Waals surface area contributed by atoms with E-state index in [9.17, 15) is 18.0 Å². The lowest BCUT2D eigenvalue weighted by atomic mass is 9.95. The second-order valence-electron chi connectivity index (χ2n) is 8.19. The zero-order chi connectivity index (χ0) is 23.6. The number of hydrogen-bond donors (Lipinski definition) is 0. The van der Waals surface area contributed by atoms with Crippen LogP contribution in [0.4, 0.5) is 0 Å². The van der Waals surface area contributed by atoms with E-state index in [4.69, 9.17) is 23.2 Å². The van der Waals surface area contributed by atoms with Crippen molar-refractivity contribution in [3.05, 3.63) is 63.6 Å². The molecule has 2 aromatic carbocycles. The van der Waals surface area contributed by atoms with Gasteiger partial charge in [0.2, 0.25) is 5.91 Å². The Morgan fingerprint density at radius 1 is 1.09 bits per heavy atom. The summed E-state index contributed by atoms with van der Waals surface area (Å²) in [5, 5.41) is 0.702. The highest BCUT2D eigenvalue weighted by Gasteiger charge is 2.32. The molecular formula is C23H26Cl2N2O4S. The first-order valence-corrected chi connectivity index (χ1v) is 12.9. The minimum atomic E-state index is -3.27. The smallest absolute Gasteiger partial charge is 0.253 e. The van der Waals surface area contributed by atoms with E-state index >= 15 is 0 Å². The largest absolute Gasteiger partial charge is 0.339 e. The maximum atomic E-state index is 13.2. The summed E-state index contributed by atoms with van der Waals surface area (Å²) < 4.78 is 23.4. The molecular weight excluding hydrogens is 471 g/mol. The SMILES string of the molecule is CC(c1ccc(S(C)(=O)=O)cc1)N(C)C(=O)C1CCCN(C(=O)c2ccc(Cl)c(Cl)c2)C1. The van der Waals surface area contributed by atoms with Crippen molar-refractivity contribution in [2.45, 2.75) is 30.7 Å². The van der Waals surface area contributed by atoms with Crippen LogP contribution in [0.3, 0.4) is 0 Å². The molecule has 1 fully saturated rings. The maximum Gasteiger partial charge on any atom is 0.253 e. The highest BCUT2D eigenvalue weighted by Crippen LogP contribution is 2.27. The molecule has 0 aromatic heterocycles. The number of piperidine rings is 1. The molecule has 0 saturated carbocycles. The van der Waals surface area contributed by atoms with Crippen LogP contribution in [0.2, 0.25) is 10.0 Å². The fourth-order valence-electron chi connectivity index (χ4n) is 3.87. The second-order valence-corrected chi connectivity index (χ2v) is 11.0. The summed E-state index contributed by atoms with van der Waals surface area (Å²) in [5.74, 6) is -0.525. The van der Waals surface area contributed by atoms with E-state index in [1.54, 1.807) is 59.3 Å². The van der Waals surface area contributed by atoms with Gasteiger partial charge in [-0.1, -0.05) is 35.3 Å². The van der Waals surface area contributed by atoms with Crippen molar-refractivity contribution in [2.75, 3.05) is 26.4 Å². The number of carbonyl (C=O) groups excluding carboxylic acids is 2. The summed E-state index contributed by atoms with van der Waals surface area (Å²) in [6, 6.07) is 11.1. The number of halogens is 2. The molecule has 6 nitrogen and oxygen atoms in total. The van der Waals surface area contributed by atoms with E-state index in [1.807, 2.05) is 6.92 Å². The molecule has 3 rings (SSSR count). The Balaban J connectivity index is 1.69. The molecule has 0 radical (unpaired) electrons. The van der Waals surface area contributed by atoms with Crippen LogP contribution in [0.15, 0.2) is 47.4 Å². The standard InChI is InChI=1S/C23H26Cl2N2O4S/c1-15(16-6-9-19(10-7-16)32(3,30)31)26(2)22(28)18-5-4-12-27(14-18)23(29)17-8-11-20(24)21(25)13-17/h6-11,13,15,18H,4-5,12,14H2,1-3H3. The quantitative estimate of drug-likeness (QED) is 0.611. The van der Waals surface area contributed by atoms with Gasteiger partial charge in [0.15, 0.2) is 9.84 Å². The van der Waals surface area contributed by atoms with E-state index < -0.39 is 9.84 Å². The van der Waals surface area contributed by atoms with Gasteiger partial charge in [-0.2, -0.15) is 0 Å². The van der Waals surface area contributed by atoms with Gasteiger partial charge in [-0.25, -0.2) is 8.42 Å². The van der Waals surface area contributed by atoms with Gasteiger partial charge >= 0.3 is 0 Å². The third kappa shape index (κ3) is 5.45.